The van der Waals surface area contributed by atoms with Crippen LogP contribution in [0.1, 0.15) is 151 Å². The Balaban J connectivity index is -0.000000136. The SMILES string of the molecule is C.C.C.C.C=C(C)C(=O)OCC(COC(=O)C(=C)C)NC(CC)(CO)CO.C=C(C)C(=O)OCCCNC(CC)(CO)CO.C=C(C)COOCCCOC(=O)C(CC)(CO)CO.C=C(C)COOCCOC(=O)C(C)(CO)CO.C=CCNC(=O)C(C)(CO)CO.C=CCOOCCCOC(=O)C(CC)(CO)CO. The van der Waals surface area contributed by atoms with Crippen LogP contribution in [0, 0.1) is 21.7 Å². The fourth-order valence-electron chi connectivity index (χ4n) is 6.47. The lowest BCUT2D eigenvalue weighted by Crippen LogP contribution is -2.58. The van der Waals surface area contributed by atoms with Gasteiger partial charge in [0.15, 0.2) is 0 Å². The van der Waals surface area contributed by atoms with Crippen LogP contribution in [0.15, 0.2) is 86.1 Å². The summed E-state index contributed by atoms with van der Waals surface area (Å²) in [7, 11) is 0. The van der Waals surface area contributed by atoms with Crippen LogP contribution >= 0.6 is 0 Å². The van der Waals surface area contributed by atoms with Crippen LogP contribution in [0.4, 0.5) is 0 Å². The molecule has 0 aromatic rings. The lowest BCUT2D eigenvalue weighted by Gasteiger charge is -2.34. The summed E-state index contributed by atoms with van der Waals surface area (Å²) in [5.74, 6) is -3.77. The van der Waals surface area contributed by atoms with E-state index in [1.54, 1.807) is 40.7 Å². The van der Waals surface area contributed by atoms with Gasteiger partial charge in [-0.3, -0.25) is 24.5 Å². The smallest absolute Gasteiger partial charge is 0.333 e. The Bertz CT molecular complexity index is 2390. The van der Waals surface area contributed by atoms with Gasteiger partial charge in [-0.05, 0) is 87.1 Å². The molecule has 0 heterocycles. The fraction of sp³-hybridized carbons (Fsp3) is 0.724. The van der Waals surface area contributed by atoms with Crippen LogP contribution in [0.25, 0.3) is 0 Å². The fourth-order valence-corrected chi connectivity index (χ4v) is 6.47. The van der Waals surface area contributed by atoms with Crippen molar-refractivity contribution < 1.29 is 153 Å². The van der Waals surface area contributed by atoms with E-state index in [2.05, 4.69) is 66.9 Å². The third kappa shape index (κ3) is 57.7. The first kappa shape index (κ1) is 125. The number of nitrogens with one attached hydrogen (secondary N) is 3. The molecule has 110 heavy (non-hydrogen) atoms. The van der Waals surface area contributed by atoms with Crippen molar-refractivity contribution in [3.8, 4) is 0 Å². The molecule has 0 fully saturated rings. The predicted molar refractivity (Wildman–Crippen MR) is 417 cm³/mol. The van der Waals surface area contributed by atoms with Gasteiger partial charge in [0.25, 0.3) is 0 Å². The van der Waals surface area contributed by atoms with Crippen molar-refractivity contribution in [3.05, 3.63) is 86.1 Å². The van der Waals surface area contributed by atoms with Gasteiger partial charge in [-0.2, -0.15) is 0 Å². The summed E-state index contributed by atoms with van der Waals surface area (Å²) in [6.07, 6.45) is 6.35. The van der Waals surface area contributed by atoms with Gasteiger partial charge in [0.2, 0.25) is 5.91 Å². The zero-order valence-corrected chi connectivity index (χ0v) is 64.6. The second kappa shape index (κ2) is 75.4. The molecule has 0 unspecified atom stereocenters. The molecule has 0 rings (SSSR count). The molecule has 0 aliphatic rings. The molecule has 0 radical (unpaired) electrons. The Morgan fingerprint density at radius 2 is 0.745 bits per heavy atom. The molecule has 0 bridgehead atoms. The lowest BCUT2D eigenvalue weighted by atomic mass is 9.87. The molecule has 0 aliphatic carbocycles. The highest BCUT2D eigenvalue weighted by molar-refractivity contribution is 5.88. The topological polar surface area (TPSA) is 509 Å². The third-order valence-corrected chi connectivity index (χ3v) is 14.9. The van der Waals surface area contributed by atoms with Crippen LogP contribution in [0.3, 0.4) is 0 Å². The highest BCUT2D eigenvalue weighted by Gasteiger charge is 2.39. The molecule has 34 heteroatoms. The molecule has 34 nitrogen and oxygen atoms in total. The van der Waals surface area contributed by atoms with Crippen molar-refractivity contribution in [3.63, 3.8) is 0 Å². The summed E-state index contributed by atoms with van der Waals surface area (Å²) in [6.45, 7) is 41.4. The predicted octanol–water partition coefficient (Wildman–Crippen LogP) is 3.66. The Kier molecular flexibility index (Phi) is 85.3. The summed E-state index contributed by atoms with van der Waals surface area (Å²) < 4.78 is 29.8. The zero-order chi connectivity index (χ0) is 82.9. The molecule has 0 aromatic carbocycles. The van der Waals surface area contributed by atoms with Crippen LogP contribution in [-0.4, -0.2) is 292 Å². The van der Waals surface area contributed by atoms with Crippen molar-refractivity contribution >= 4 is 41.7 Å². The average molecular weight is 1600 g/mol. The minimum absolute atomic E-state index is 0. The maximum atomic E-state index is 11.7. The first-order chi connectivity index (χ1) is 50.0. The first-order valence-electron chi connectivity index (χ1n) is 34.3. The molecule has 15 N–H and O–H groups in total. The van der Waals surface area contributed by atoms with Gasteiger partial charge in [-0.25, -0.2) is 43.7 Å². The van der Waals surface area contributed by atoms with Gasteiger partial charge in [0.05, 0.1) is 135 Å². The van der Waals surface area contributed by atoms with Crippen LogP contribution in [-0.2, 0) is 91.3 Å². The molecule has 0 aliphatic heterocycles. The number of carbonyl (C=O) groups is 7. The number of aliphatic hydroxyl groups is 12. The van der Waals surface area contributed by atoms with Crippen molar-refractivity contribution in [2.24, 2.45) is 21.7 Å². The molecular formula is C76H147N3O31. The number of carbonyl (C=O) groups excluding carboxylic acids is 7. The molecule has 0 spiro atoms. The van der Waals surface area contributed by atoms with E-state index in [0.717, 1.165) is 11.1 Å². The minimum atomic E-state index is -1.28. The average Bonchev–Trinajstić information content (AvgIpc) is 0.894. The minimum Gasteiger partial charge on any atom is -0.465 e. The third-order valence-electron chi connectivity index (χ3n) is 14.9. The van der Waals surface area contributed by atoms with Crippen LogP contribution < -0.4 is 16.0 Å². The Morgan fingerprint density at radius 1 is 0.391 bits per heavy atom. The summed E-state index contributed by atoms with van der Waals surface area (Å²) in [6, 6.07) is -0.596. The second-order valence-corrected chi connectivity index (χ2v) is 24.9. The molecule has 0 atom stereocenters. The van der Waals surface area contributed by atoms with E-state index < -0.39 is 114 Å². The van der Waals surface area contributed by atoms with Gasteiger partial charge in [-0.1, -0.05) is 114 Å². The summed E-state index contributed by atoms with van der Waals surface area (Å²) in [5.41, 5.74) is -3.86. The summed E-state index contributed by atoms with van der Waals surface area (Å²) in [4.78, 5) is 109. The number of rotatable bonds is 56. The number of hydrogen-bond donors (Lipinski definition) is 15. The van der Waals surface area contributed by atoms with Gasteiger partial charge < -0.3 is 100 Å². The standard InChI is InChI=1S/C16H27NO6.C13H24O6.C12H23NO4.C12H22O6.C11H20O6.C8H15NO3.4CH4/c1-6-16(9-18,10-19)17-13(7-22-14(20)11(2)3)8-23-15(21)12(4)5;1-4-13(9-14,10-15)12(16)17-6-5-7-18-19-8-11(2)3;1-4-12(8-14,9-15)13-6-5-7-17-11(16)10(2)3;1-3-6-17-18-8-5-7-16-11(15)12(4-2,9-13)10-14;1-9(2)6-17-16-5-4-15-10(14)11(3,7-12)8-13;1-3-4-9-7(12)8(2,5-10)6-11;;;;/h13,17-19H,2,4,6-10H2,1,3,5H3;14-15H,2,4-10H2,1,3H3;13-15H,2,4-9H2,1,3H3;3,13-14H,1,4-10H2,2H3;12-13H,1,4-8H2,2-3H3;3,10-11H,1,4-6H2,2H3,(H,9,12);4*1H4. The zero-order valence-electron chi connectivity index (χ0n) is 64.6. The highest BCUT2D eigenvalue weighted by Crippen LogP contribution is 2.24. The maximum Gasteiger partial charge on any atom is 0.333 e. The Hall–Kier alpha value is -6.33. The molecule has 0 aromatic heterocycles. The van der Waals surface area contributed by atoms with Crippen molar-refractivity contribution in [1.82, 2.24) is 16.0 Å². The number of aliphatic hydroxyl groups excluding tert-OH is 12. The second-order valence-electron chi connectivity index (χ2n) is 24.9. The molecule has 652 valence electrons. The van der Waals surface area contributed by atoms with Crippen molar-refractivity contribution in [2.45, 2.75) is 168 Å². The number of esters is 6. The van der Waals surface area contributed by atoms with Gasteiger partial charge >= 0.3 is 35.8 Å². The first-order valence-corrected chi connectivity index (χ1v) is 34.3. The van der Waals surface area contributed by atoms with Crippen LogP contribution in [0.5, 0.6) is 0 Å². The number of hydrogen-bond acceptors (Lipinski definition) is 33. The van der Waals surface area contributed by atoms with Crippen LogP contribution in [0.2, 0.25) is 0 Å². The van der Waals surface area contributed by atoms with E-state index in [1.165, 1.54) is 33.8 Å². The quantitative estimate of drug-likeness (QED) is 0.00785. The molecular weight excluding hydrogens is 1450 g/mol. The van der Waals surface area contributed by atoms with Crippen molar-refractivity contribution in [1.29, 1.82) is 0 Å². The van der Waals surface area contributed by atoms with Crippen molar-refractivity contribution in [2.75, 3.05) is 172 Å². The normalized spacial score (nSPS) is 10.8. The van der Waals surface area contributed by atoms with E-state index in [-0.39, 0.29) is 139 Å². The maximum absolute atomic E-state index is 11.7. The lowest BCUT2D eigenvalue weighted by molar-refractivity contribution is -0.292. The summed E-state index contributed by atoms with van der Waals surface area (Å²) in [5, 5.41) is 118. The molecule has 0 saturated heterocycles. The van der Waals surface area contributed by atoms with Gasteiger partial charge in [-0.15, -0.1) is 13.2 Å². The van der Waals surface area contributed by atoms with E-state index in [4.69, 9.17) is 93.7 Å². The van der Waals surface area contributed by atoms with Gasteiger partial charge in [0, 0.05) is 36.1 Å². The number of amides is 1. The van der Waals surface area contributed by atoms with E-state index in [9.17, 15) is 54.0 Å². The van der Waals surface area contributed by atoms with E-state index in [1.807, 2.05) is 13.8 Å². The highest BCUT2D eigenvalue weighted by atomic mass is 17.2. The number of ether oxygens (including phenoxy) is 6. The summed E-state index contributed by atoms with van der Waals surface area (Å²) >= 11 is 0. The Morgan fingerprint density at radius 3 is 1.06 bits per heavy atom. The van der Waals surface area contributed by atoms with E-state index >= 15 is 0 Å². The largest absolute Gasteiger partial charge is 0.465 e. The van der Waals surface area contributed by atoms with Gasteiger partial charge in [0.1, 0.15) is 62.5 Å². The Labute approximate surface area is 655 Å². The molecule has 1 amide bonds. The molecule has 0 saturated carbocycles. The monoisotopic (exact) mass is 1600 g/mol. The van der Waals surface area contributed by atoms with E-state index in [0.29, 0.717) is 90.0 Å².